The largest absolute Gasteiger partial charge is 0.480 e. The van der Waals surface area contributed by atoms with Crippen LogP contribution in [0.15, 0.2) is 4.99 Å². The first-order valence-electron chi connectivity index (χ1n) is 11.5. The number of nitrogens with two attached hydrogens (primary N) is 2. The van der Waals surface area contributed by atoms with E-state index in [2.05, 4.69) is 20.9 Å². The smallest absolute Gasteiger partial charge is 0.326 e. The van der Waals surface area contributed by atoms with E-state index in [4.69, 9.17) is 11.5 Å². The number of hydrogen-bond acceptors (Lipinski definition) is 6. The molecule has 0 saturated carbocycles. The molecule has 0 aliphatic carbocycles. The molecule has 3 amide bonds. The van der Waals surface area contributed by atoms with Crippen LogP contribution in [0.5, 0.6) is 0 Å². The Morgan fingerprint density at radius 2 is 1.85 bits per heavy atom. The number of carboxylic acid groups (broad SMARTS) is 1. The van der Waals surface area contributed by atoms with Crippen LogP contribution in [-0.2, 0) is 19.2 Å². The van der Waals surface area contributed by atoms with Gasteiger partial charge >= 0.3 is 5.97 Å². The molecule has 2 aliphatic rings. The standard InChI is InChI=1S/C21H37N7O5/c1-12(2)16(20(32)33)27-18(30)15-8-5-11-28(15)19(31)14(7-4-10-25-21(22)23)26-17(29)13-6-3-9-24-13/h12-16,24H,3-11H2,1-2H3,(H,26,29)(H,27,30)(H,32,33)(H4,22,23,25). The van der Waals surface area contributed by atoms with Gasteiger partial charge in [-0.3, -0.25) is 19.4 Å². The number of aliphatic imine (C=N–C) groups is 1. The molecule has 2 fully saturated rings. The van der Waals surface area contributed by atoms with Crippen LogP contribution in [-0.4, -0.2) is 83.5 Å². The third-order valence-corrected chi connectivity index (χ3v) is 6.01. The molecule has 12 heteroatoms. The number of amides is 3. The summed E-state index contributed by atoms with van der Waals surface area (Å²) >= 11 is 0. The highest BCUT2D eigenvalue weighted by Gasteiger charge is 2.39. The average Bonchev–Trinajstić information content (AvgIpc) is 3.44. The third-order valence-electron chi connectivity index (χ3n) is 6.01. The number of nitrogens with zero attached hydrogens (tertiary/aromatic N) is 2. The molecule has 0 aromatic carbocycles. The highest BCUT2D eigenvalue weighted by atomic mass is 16.4. The number of carboxylic acids is 1. The predicted molar refractivity (Wildman–Crippen MR) is 122 cm³/mol. The molecule has 0 bridgehead atoms. The van der Waals surface area contributed by atoms with Gasteiger partial charge in [-0.15, -0.1) is 0 Å². The Balaban J connectivity index is 2.10. The molecular formula is C21H37N7O5. The molecule has 4 atom stereocenters. The van der Waals surface area contributed by atoms with Crippen molar-refractivity contribution in [3.63, 3.8) is 0 Å². The molecular weight excluding hydrogens is 430 g/mol. The minimum absolute atomic E-state index is 0.0496. The molecule has 2 aliphatic heterocycles. The zero-order valence-corrected chi connectivity index (χ0v) is 19.4. The van der Waals surface area contributed by atoms with E-state index >= 15 is 0 Å². The van der Waals surface area contributed by atoms with Crippen molar-refractivity contribution in [2.45, 2.75) is 76.5 Å². The van der Waals surface area contributed by atoms with Gasteiger partial charge in [-0.2, -0.15) is 0 Å². The molecule has 2 saturated heterocycles. The van der Waals surface area contributed by atoms with Crippen LogP contribution in [0.3, 0.4) is 0 Å². The van der Waals surface area contributed by atoms with Gasteiger partial charge in [0.1, 0.15) is 18.1 Å². The van der Waals surface area contributed by atoms with E-state index in [-0.39, 0.29) is 29.7 Å². The van der Waals surface area contributed by atoms with Crippen LogP contribution in [0.4, 0.5) is 0 Å². The van der Waals surface area contributed by atoms with E-state index in [1.165, 1.54) is 4.90 Å². The highest BCUT2D eigenvalue weighted by molar-refractivity contribution is 5.94. The van der Waals surface area contributed by atoms with Gasteiger partial charge in [-0.25, -0.2) is 4.79 Å². The number of hydrogen-bond donors (Lipinski definition) is 6. The van der Waals surface area contributed by atoms with Gasteiger partial charge < -0.3 is 37.4 Å². The van der Waals surface area contributed by atoms with Gasteiger partial charge in [-0.1, -0.05) is 13.8 Å². The maximum Gasteiger partial charge on any atom is 0.326 e. The fraction of sp³-hybridized carbons (Fsp3) is 0.762. The Morgan fingerprint density at radius 3 is 2.42 bits per heavy atom. The Kier molecular flexibility index (Phi) is 9.89. The molecule has 0 aromatic rings. The number of carbonyl (C=O) groups excluding carboxylic acids is 3. The van der Waals surface area contributed by atoms with E-state index in [1.54, 1.807) is 13.8 Å². The summed E-state index contributed by atoms with van der Waals surface area (Å²) < 4.78 is 0. The second kappa shape index (κ2) is 12.4. The molecule has 12 nitrogen and oxygen atoms in total. The molecule has 33 heavy (non-hydrogen) atoms. The molecule has 0 radical (unpaired) electrons. The Morgan fingerprint density at radius 1 is 1.12 bits per heavy atom. The summed E-state index contributed by atoms with van der Waals surface area (Å²) in [5.74, 6) is -2.59. The molecule has 4 unspecified atom stereocenters. The quantitative estimate of drug-likeness (QED) is 0.120. The molecule has 186 valence electrons. The summed E-state index contributed by atoms with van der Waals surface area (Å²) in [5.41, 5.74) is 10.7. The van der Waals surface area contributed by atoms with Crippen LogP contribution in [0.25, 0.3) is 0 Å². The molecule has 2 rings (SSSR count). The van der Waals surface area contributed by atoms with Crippen molar-refractivity contribution in [2.75, 3.05) is 19.6 Å². The normalized spacial score (nSPS) is 22.0. The van der Waals surface area contributed by atoms with Gasteiger partial charge in [0.15, 0.2) is 5.96 Å². The lowest BCUT2D eigenvalue weighted by atomic mass is 10.0. The zero-order valence-electron chi connectivity index (χ0n) is 19.4. The second-order valence-corrected chi connectivity index (χ2v) is 8.92. The minimum Gasteiger partial charge on any atom is -0.480 e. The van der Waals surface area contributed by atoms with Crippen molar-refractivity contribution in [3.05, 3.63) is 0 Å². The number of likely N-dealkylation sites (tertiary alicyclic amines) is 1. The van der Waals surface area contributed by atoms with E-state index in [0.717, 1.165) is 13.0 Å². The summed E-state index contributed by atoms with van der Waals surface area (Å²) in [6, 6.07) is -3.00. The van der Waals surface area contributed by atoms with Crippen LogP contribution in [0, 0.1) is 5.92 Å². The lowest BCUT2D eigenvalue weighted by Crippen LogP contribution is -2.57. The van der Waals surface area contributed by atoms with Crippen LogP contribution < -0.4 is 27.4 Å². The summed E-state index contributed by atoms with van der Waals surface area (Å²) in [4.78, 5) is 55.8. The fourth-order valence-electron chi connectivity index (χ4n) is 4.21. The maximum absolute atomic E-state index is 13.4. The van der Waals surface area contributed by atoms with Crippen molar-refractivity contribution >= 4 is 29.7 Å². The highest BCUT2D eigenvalue weighted by Crippen LogP contribution is 2.21. The maximum atomic E-state index is 13.4. The number of aliphatic carboxylic acids is 1. The van der Waals surface area contributed by atoms with E-state index in [0.29, 0.717) is 45.2 Å². The van der Waals surface area contributed by atoms with Crippen molar-refractivity contribution in [2.24, 2.45) is 22.4 Å². The number of carbonyl (C=O) groups is 4. The predicted octanol–water partition coefficient (Wildman–Crippen LogP) is -1.51. The van der Waals surface area contributed by atoms with Gasteiger partial charge in [0.05, 0.1) is 6.04 Å². The lowest BCUT2D eigenvalue weighted by molar-refractivity contribution is -0.145. The summed E-state index contributed by atoms with van der Waals surface area (Å²) in [7, 11) is 0. The fourth-order valence-corrected chi connectivity index (χ4v) is 4.21. The average molecular weight is 468 g/mol. The van der Waals surface area contributed by atoms with Gasteiger partial charge in [0, 0.05) is 13.1 Å². The number of nitrogens with one attached hydrogen (secondary N) is 3. The Labute approximate surface area is 193 Å². The first-order valence-corrected chi connectivity index (χ1v) is 11.5. The van der Waals surface area contributed by atoms with Crippen LogP contribution >= 0.6 is 0 Å². The van der Waals surface area contributed by atoms with Gasteiger partial charge in [-0.05, 0) is 51.0 Å². The lowest BCUT2D eigenvalue weighted by Gasteiger charge is -2.30. The summed E-state index contributed by atoms with van der Waals surface area (Å²) in [6.45, 7) is 4.82. The SMILES string of the molecule is CC(C)C(NC(=O)C1CCCN1C(=O)C(CCCN=C(N)N)NC(=O)C1CCCN1)C(=O)O. The molecule has 0 aromatic heterocycles. The van der Waals surface area contributed by atoms with E-state index in [1.807, 2.05) is 0 Å². The van der Waals surface area contributed by atoms with E-state index < -0.39 is 30.0 Å². The van der Waals surface area contributed by atoms with Gasteiger partial charge in [0.25, 0.3) is 0 Å². The van der Waals surface area contributed by atoms with Crippen molar-refractivity contribution in [1.29, 1.82) is 0 Å². The monoisotopic (exact) mass is 467 g/mol. The Bertz CT molecular complexity index is 747. The third kappa shape index (κ3) is 7.58. The topological polar surface area (TPSA) is 192 Å². The molecule has 0 spiro atoms. The minimum atomic E-state index is -1.12. The molecule has 8 N–H and O–H groups in total. The first kappa shape index (κ1) is 26.4. The first-order chi connectivity index (χ1) is 15.6. The summed E-state index contributed by atoms with van der Waals surface area (Å²) in [6.07, 6.45) is 3.40. The van der Waals surface area contributed by atoms with Crippen LogP contribution in [0.1, 0.15) is 52.4 Å². The zero-order chi connectivity index (χ0) is 24.5. The van der Waals surface area contributed by atoms with Gasteiger partial charge in [0.2, 0.25) is 17.7 Å². The number of guanidine groups is 1. The second-order valence-electron chi connectivity index (χ2n) is 8.92. The summed E-state index contributed by atoms with van der Waals surface area (Å²) in [5, 5.41) is 17.9. The van der Waals surface area contributed by atoms with Crippen molar-refractivity contribution < 1.29 is 24.3 Å². The Hall–Kier alpha value is -2.89. The van der Waals surface area contributed by atoms with E-state index in [9.17, 15) is 24.3 Å². The van der Waals surface area contributed by atoms with Crippen molar-refractivity contribution in [3.8, 4) is 0 Å². The van der Waals surface area contributed by atoms with Crippen molar-refractivity contribution in [1.82, 2.24) is 20.9 Å². The number of rotatable bonds is 11. The molecule has 2 heterocycles. The van der Waals surface area contributed by atoms with Crippen LogP contribution in [0.2, 0.25) is 0 Å².